The Morgan fingerprint density at radius 1 is 0.882 bits per heavy atom. The molecule has 3 nitrogen and oxygen atoms in total. The molecule has 1 aliphatic heterocycles. The fourth-order valence-corrected chi connectivity index (χ4v) is 1.36. The molecule has 0 saturated carbocycles. The van der Waals surface area contributed by atoms with Crippen molar-refractivity contribution in [2.75, 3.05) is 0 Å². The topological polar surface area (TPSA) is 37.3 Å². The summed E-state index contributed by atoms with van der Waals surface area (Å²) in [6, 6.07) is 12.1. The Hall–Kier alpha value is -2.42. The predicted molar refractivity (Wildman–Crippen MR) is 71.7 cm³/mol. The van der Waals surface area contributed by atoms with Crippen LogP contribution in [-0.4, -0.2) is 11.2 Å². The van der Waals surface area contributed by atoms with Crippen molar-refractivity contribution in [1.29, 1.82) is 0 Å². The molecule has 0 atom stereocenters. The molecule has 0 radical (unpaired) electrons. The molecule has 0 fully saturated rings. The van der Waals surface area contributed by atoms with Gasteiger partial charge in [-0.3, -0.25) is 10.4 Å². The van der Waals surface area contributed by atoms with Crippen molar-refractivity contribution in [3.05, 3.63) is 67.0 Å². The average molecular weight is 223 g/mol. The van der Waals surface area contributed by atoms with Crippen molar-refractivity contribution < 1.29 is 0 Å². The molecule has 2 heterocycles. The molecular weight excluding hydrogens is 210 g/mol. The molecule has 3 heteroatoms. The molecule has 1 aliphatic rings. The van der Waals surface area contributed by atoms with E-state index >= 15 is 0 Å². The molecule has 0 unspecified atom stereocenters. The third-order valence-electron chi connectivity index (χ3n) is 2.14. The van der Waals surface area contributed by atoms with Crippen molar-refractivity contribution >= 4 is 17.1 Å². The molecule has 0 amide bonds. The number of allylic oxidation sites excluding steroid dienone is 3. The molecular formula is C14H13N3. The summed E-state index contributed by atoms with van der Waals surface area (Å²) in [6.45, 7) is 0. The average Bonchev–Trinajstić information content (AvgIpc) is 2.72. The van der Waals surface area contributed by atoms with Gasteiger partial charge < -0.3 is 0 Å². The van der Waals surface area contributed by atoms with E-state index in [9.17, 15) is 0 Å². The zero-order chi connectivity index (χ0) is 11.8. The minimum Gasteiger partial charge on any atom is -0.286 e. The first kappa shape index (κ1) is 11.1. The van der Waals surface area contributed by atoms with Gasteiger partial charge in [0, 0.05) is 24.0 Å². The van der Waals surface area contributed by atoms with Crippen molar-refractivity contribution in [2.45, 2.75) is 0 Å². The Balaban J connectivity index is 0.000000136. The van der Waals surface area contributed by atoms with Crippen molar-refractivity contribution in [3.63, 3.8) is 0 Å². The van der Waals surface area contributed by atoms with Gasteiger partial charge in [0.2, 0.25) is 0 Å². The van der Waals surface area contributed by atoms with Crippen LogP contribution in [0.15, 0.2) is 72.1 Å². The molecule has 2 aromatic rings. The zero-order valence-corrected chi connectivity index (χ0v) is 9.32. The number of fused-ring (bicyclic) bond motifs is 1. The third kappa shape index (κ3) is 3.57. The molecule has 0 saturated heterocycles. The normalized spacial score (nSPS) is 12.5. The highest BCUT2D eigenvalue weighted by Crippen LogP contribution is 2.07. The van der Waals surface area contributed by atoms with Gasteiger partial charge in [0.05, 0.1) is 5.52 Å². The highest BCUT2D eigenvalue weighted by atomic mass is 15.3. The van der Waals surface area contributed by atoms with E-state index < -0.39 is 0 Å². The lowest BCUT2D eigenvalue weighted by Gasteiger charge is -1.91. The van der Waals surface area contributed by atoms with E-state index in [1.165, 1.54) is 5.39 Å². The highest BCUT2D eigenvalue weighted by Gasteiger charge is 1.86. The second-order valence-electron chi connectivity index (χ2n) is 3.35. The number of benzene rings is 1. The van der Waals surface area contributed by atoms with Crippen molar-refractivity contribution in [1.82, 2.24) is 10.4 Å². The second-order valence-corrected chi connectivity index (χ2v) is 3.35. The van der Waals surface area contributed by atoms with Crippen LogP contribution in [0.25, 0.3) is 10.9 Å². The number of nitrogens with zero attached hydrogens (tertiary/aromatic N) is 2. The lowest BCUT2D eigenvalue weighted by atomic mass is 10.2. The van der Waals surface area contributed by atoms with E-state index in [0.29, 0.717) is 0 Å². The highest BCUT2D eigenvalue weighted by molar-refractivity contribution is 5.77. The molecule has 1 aromatic heterocycles. The fourth-order valence-electron chi connectivity index (χ4n) is 1.36. The first-order valence-corrected chi connectivity index (χ1v) is 5.37. The molecule has 1 aromatic carbocycles. The van der Waals surface area contributed by atoms with Gasteiger partial charge in [-0.25, -0.2) is 0 Å². The van der Waals surface area contributed by atoms with E-state index in [-0.39, 0.29) is 0 Å². The number of aromatic nitrogens is 1. The van der Waals surface area contributed by atoms with Crippen LogP contribution in [-0.2, 0) is 0 Å². The van der Waals surface area contributed by atoms with Crippen LogP contribution in [0.4, 0.5) is 0 Å². The number of rotatable bonds is 0. The largest absolute Gasteiger partial charge is 0.286 e. The zero-order valence-electron chi connectivity index (χ0n) is 9.32. The van der Waals surface area contributed by atoms with E-state index in [1.807, 2.05) is 48.7 Å². The van der Waals surface area contributed by atoms with E-state index in [1.54, 1.807) is 12.4 Å². The first-order chi connectivity index (χ1) is 8.47. The Kier molecular flexibility index (Phi) is 4.06. The van der Waals surface area contributed by atoms with Crippen LogP contribution in [0.3, 0.4) is 0 Å². The molecule has 17 heavy (non-hydrogen) atoms. The maximum Gasteiger partial charge on any atom is 0.0701 e. The summed E-state index contributed by atoms with van der Waals surface area (Å²) in [6.07, 6.45) is 10.9. The second kappa shape index (κ2) is 6.23. The van der Waals surface area contributed by atoms with Crippen molar-refractivity contribution in [3.8, 4) is 0 Å². The minimum atomic E-state index is 1.06. The van der Waals surface area contributed by atoms with E-state index in [0.717, 1.165) is 5.52 Å². The Labute approximate surface area is 100 Å². The Morgan fingerprint density at radius 3 is 2.71 bits per heavy atom. The van der Waals surface area contributed by atoms with Crippen LogP contribution in [0, 0.1) is 0 Å². The SMILES string of the molecule is C1=CC=NNC=C1.c1ccc2ncccc2c1. The van der Waals surface area contributed by atoms with Gasteiger partial charge in [0.1, 0.15) is 0 Å². The number of hydrogen-bond donors (Lipinski definition) is 1. The van der Waals surface area contributed by atoms with E-state index in [2.05, 4.69) is 27.6 Å². The maximum absolute atomic E-state index is 4.18. The molecule has 3 rings (SSSR count). The van der Waals surface area contributed by atoms with Gasteiger partial charge in [-0.1, -0.05) is 30.3 Å². The summed E-state index contributed by atoms with van der Waals surface area (Å²) < 4.78 is 0. The Morgan fingerprint density at radius 2 is 1.76 bits per heavy atom. The van der Waals surface area contributed by atoms with Gasteiger partial charge in [-0.05, 0) is 24.3 Å². The summed E-state index contributed by atoms with van der Waals surface area (Å²) >= 11 is 0. The smallest absolute Gasteiger partial charge is 0.0701 e. The van der Waals surface area contributed by atoms with Crippen LogP contribution >= 0.6 is 0 Å². The van der Waals surface area contributed by atoms with Crippen LogP contribution in [0.1, 0.15) is 0 Å². The van der Waals surface area contributed by atoms with Crippen LogP contribution in [0.5, 0.6) is 0 Å². The summed E-state index contributed by atoms with van der Waals surface area (Å²) in [4.78, 5) is 4.18. The van der Waals surface area contributed by atoms with Crippen LogP contribution in [0.2, 0.25) is 0 Å². The van der Waals surface area contributed by atoms with Gasteiger partial charge in [-0.2, -0.15) is 5.10 Å². The number of hydrazone groups is 1. The number of nitrogens with one attached hydrogen (secondary N) is 1. The monoisotopic (exact) mass is 223 g/mol. The summed E-state index contributed by atoms with van der Waals surface area (Å²) in [7, 11) is 0. The number of pyridine rings is 1. The Bertz CT molecular complexity index is 477. The molecule has 0 bridgehead atoms. The first-order valence-electron chi connectivity index (χ1n) is 5.37. The maximum atomic E-state index is 4.18. The summed E-state index contributed by atoms with van der Waals surface area (Å²) in [5.41, 5.74) is 3.73. The quantitative estimate of drug-likeness (QED) is 0.745. The lowest BCUT2D eigenvalue weighted by molar-refractivity contribution is 0.980. The van der Waals surface area contributed by atoms with E-state index in [4.69, 9.17) is 0 Å². The van der Waals surface area contributed by atoms with Gasteiger partial charge >= 0.3 is 0 Å². The van der Waals surface area contributed by atoms with Gasteiger partial charge in [-0.15, -0.1) is 0 Å². The molecule has 1 N–H and O–H groups in total. The minimum absolute atomic E-state index is 1.06. The lowest BCUT2D eigenvalue weighted by Crippen LogP contribution is -1.89. The fraction of sp³-hybridized carbons (Fsp3) is 0. The van der Waals surface area contributed by atoms with Gasteiger partial charge in [0.25, 0.3) is 0 Å². The number of para-hydroxylation sites is 1. The van der Waals surface area contributed by atoms with Crippen molar-refractivity contribution in [2.24, 2.45) is 5.10 Å². The molecule has 0 aliphatic carbocycles. The number of hydrogen-bond acceptors (Lipinski definition) is 3. The standard InChI is InChI=1S/C9H7N.C5H6N2/c1-2-6-9-8(4-1)5-3-7-10-9;1-2-4-6-7-5-3-1/h1-7H;1-6H. The predicted octanol–water partition coefficient (Wildman–Crippen LogP) is 2.88. The molecule has 0 spiro atoms. The third-order valence-corrected chi connectivity index (χ3v) is 2.14. The van der Waals surface area contributed by atoms with Crippen LogP contribution < -0.4 is 5.43 Å². The summed E-state index contributed by atoms with van der Waals surface area (Å²) in [5.74, 6) is 0. The molecule has 84 valence electrons. The summed E-state index contributed by atoms with van der Waals surface area (Å²) in [5, 5.41) is 4.92. The van der Waals surface area contributed by atoms with Gasteiger partial charge in [0.15, 0.2) is 0 Å².